The molecule has 2 aromatic rings. The van der Waals surface area contributed by atoms with E-state index in [0.717, 1.165) is 21.2 Å². The summed E-state index contributed by atoms with van der Waals surface area (Å²) >= 11 is 15.7. The summed E-state index contributed by atoms with van der Waals surface area (Å²) < 4.78 is 0.997. The number of hydrogen-bond donors (Lipinski definition) is 1. The van der Waals surface area contributed by atoms with Crippen LogP contribution in [0.2, 0.25) is 10.0 Å². The van der Waals surface area contributed by atoms with Crippen molar-refractivity contribution < 1.29 is 5.11 Å². The Bertz CT molecular complexity index is 578. The molecule has 0 saturated heterocycles. The van der Waals surface area contributed by atoms with Crippen molar-refractivity contribution in [2.24, 2.45) is 0 Å². The Morgan fingerprint density at radius 3 is 2.37 bits per heavy atom. The van der Waals surface area contributed by atoms with Crippen molar-refractivity contribution in [1.82, 2.24) is 0 Å². The van der Waals surface area contributed by atoms with Gasteiger partial charge in [-0.05, 0) is 47.9 Å². The zero-order valence-electron chi connectivity index (χ0n) is 10.3. The lowest BCUT2D eigenvalue weighted by Gasteiger charge is -2.16. The minimum Gasteiger partial charge on any atom is -0.388 e. The van der Waals surface area contributed by atoms with Gasteiger partial charge in [0.05, 0.1) is 6.10 Å². The van der Waals surface area contributed by atoms with Gasteiger partial charge in [-0.15, -0.1) is 0 Å². The molecule has 1 N–H and O–H groups in total. The van der Waals surface area contributed by atoms with E-state index in [2.05, 4.69) is 15.9 Å². The molecule has 4 heteroatoms. The first-order valence-corrected chi connectivity index (χ1v) is 7.41. The number of halogens is 3. The lowest BCUT2D eigenvalue weighted by Crippen LogP contribution is -2.05. The summed E-state index contributed by atoms with van der Waals surface area (Å²) in [5, 5.41) is 11.5. The normalized spacial score (nSPS) is 12.5. The molecule has 0 amide bonds. The Kier molecular flexibility index (Phi) is 4.91. The minimum absolute atomic E-state index is 0.404. The van der Waals surface area contributed by atoms with Crippen LogP contribution in [0.4, 0.5) is 0 Å². The van der Waals surface area contributed by atoms with Crippen molar-refractivity contribution in [2.45, 2.75) is 19.4 Å². The van der Waals surface area contributed by atoms with Gasteiger partial charge in [0.2, 0.25) is 0 Å². The Labute approximate surface area is 131 Å². The van der Waals surface area contributed by atoms with Crippen LogP contribution in [0.3, 0.4) is 0 Å². The molecule has 0 aromatic heterocycles. The van der Waals surface area contributed by atoms with Gasteiger partial charge in [-0.1, -0.05) is 51.3 Å². The third kappa shape index (κ3) is 3.51. The molecule has 19 heavy (non-hydrogen) atoms. The zero-order chi connectivity index (χ0) is 14.0. The molecular formula is C15H13BrCl2O. The fourth-order valence-corrected chi connectivity index (χ4v) is 3.07. The first-order chi connectivity index (χ1) is 8.99. The summed E-state index contributed by atoms with van der Waals surface area (Å²) in [6.07, 6.45) is -0.216. The molecule has 0 fully saturated rings. The lowest BCUT2D eigenvalue weighted by atomic mass is 9.98. The van der Waals surface area contributed by atoms with Gasteiger partial charge < -0.3 is 5.11 Å². The largest absolute Gasteiger partial charge is 0.388 e. The number of aliphatic hydroxyl groups excluding tert-OH is 1. The van der Waals surface area contributed by atoms with E-state index in [1.807, 2.05) is 25.1 Å². The highest BCUT2D eigenvalue weighted by molar-refractivity contribution is 9.10. The molecule has 0 aliphatic rings. The predicted octanol–water partition coefficient (Wildman–Crippen LogP) is 5.34. The fourth-order valence-electron chi connectivity index (χ4n) is 2.04. The number of aliphatic hydroxyl groups is 1. The van der Waals surface area contributed by atoms with Crippen molar-refractivity contribution in [3.05, 3.63) is 67.6 Å². The molecule has 0 heterocycles. The first kappa shape index (κ1) is 14.9. The Balaban J connectivity index is 2.28. The molecule has 0 aliphatic carbocycles. The summed E-state index contributed by atoms with van der Waals surface area (Å²) in [6.45, 7) is 1.97. The highest BCUT2D eigenvalue weighted by Crippen LogP contribution is 2.31. The number of aryl methyl sites for hydroxylation is 1. The number of rotatable bonds is 3. The van der Waals surface area contributed by atoms with Gasteiger partial charge >= 0.3 is 0 Å². The van der Waals surface area contributed by atoms with Gasteiger partial charge in [0.25, 0.3) is 0 Å². The Morgan fingerprint density at radius 1 is 1.16 bits per heavy atom. The van der Waals surface area contributed by atoms with Gasteiger partial charge in [-0.3, -0.25) is 0 Å². The van der Waals surface area contributed by atoms with Crippen LogP contribution in [0.25, 0.3) is 0 Å². The second-order valence-corrected chi connectivity index (χ2v) is 6.15. The van der Waals surface area contributed by atoms with Crippen molar-refractivity contribution in [1.29, 1.82) is 0 Å². The van der Waals surface area contributed by atoms with E-state index in [9.17, 15) is 5.11 Å². The highest BCUT2D eigenvalue weighted by atomic mass is 79.9. The quantitative estimate of drug-likeness (QED) is 0.784. The van der Waals surface area contributed by atoms with E-state index < -0.39 is 6.10 Å². The molecule has 1 nitrogen and oxygen atoms in total. The maximum atomic E-state index is 10.4. The first-order valence-electron chi connectivity index (χ1n) is 5.86. The second-order valence-electron chi connectivity index (χ2n) is 4.42. The SMILES string of the molecule is Cc1cc(Br)ccc1C(O)Cc1c(Cl)cccc1Cl. The molecule has 1 unspecified atom stereocenters. The van der Waals surface area contributed by atoms with Crippen LogP contribution in [0.15, 0.2) is 40.9 Å². The van der Waals surface area contributed by atoms with E-state index >= 15 is 0 Å². The zero-order valence-corrected chi connectivity index (χ0v) is 13.4. The smallest absolute Gasteiger partial charge is 0.0834 e. The van der Waals surface area contributed by atoms with Crippen LogP contribution < -0.4 is 0 Å². The molecule has 1 atom stereocenters. The average Bonchev–Trinajstić information content (AvgIpc) is 2.33. The van der Waals surface area contributed by atoms with Crippen LogP contribution in [0.1, 0.15) is 22.8 Å². The number of benzene rings is 2. The van der Waals surface area contributed by atoms with Crippen LogP contribution in [-0.2, 0) is 6.42 Å². The van der Waals surface area contributed by atoms with Crippen molar-refractivity contribution in [2.75, 3.05) is 0 Å². The van der Waals surface area contributed by atoms with E-state index in [4.69, 9.17) is 23.2 Å². The van der Waals surface area contributed by atoms with Gasteiger partial charge in [0.1, 0.15) is 0 Å². The predicted molar refractivity (Wildman–Crippen MR) is 84.0 cm³/mol. The molecule has 2 aromatic carbocycles. The van der Waals surface area contributed by atoms with Gasteiger partial charge in [-0.2, -0.15) is 0 Å². The third-order valence-corrected chi connectivity index (χ3v) is 4.25. The molecule has 0 spiro atoms. The Hall–Kier alpha value is -0.540. The third-order valence-electron chi connectivity index (χ3n) is 3.05. The van der Waals surface area contributed by atoms with Crippen LogP contribution in [0.5, 0.6) is 0 Å². The second kappa shape index (κ2) is 6.27. The van der Waals surface area contributed by atoms with E-state index in [1.54, 1.807) is 18.2 Å². The number of hydrogen-bond acceptors (Lipinski definition) is 1. The van der Waals surface area contributed by atoms with E-state index in [1.165, 1.54) is 0 Å². The minimum atomic E-state index is -0.620. The summed E-state index contributed by atoms with van der Waals surface area (Å²) in [4.78, 5) is 0. The molecular weight excluding hydrogens is 347 g/mol. The van der Waals surface area contributed by atoms with Gasteiger partial charge in [-0.25, -0.2) is 0 Å². The molecule has 2 rings (SSSR count). The molecule has 0 radical (unpaired) electrons. The Morgan fingerprint density at radius 2 is 1.79 bits per heavy atom. The molecule has 0 aliphatic heterocycles. The topological polar surface area (TPSA) is 20.2 Å². The summed E-state index contributed by atoms with van der Waals surface area (Å²) in [5.74, 6) is 0. The van der Waals surface area contributed by atoms with Crippen LogP contribution in [-0.4, -0.2) is 5.11 Å². The highest BCUT2D eigenvalue weighted by Gasteiger charge is 2.15. The standard InChI is InChI=1S/C15H13BrCl2O/c1-9-7-10(16)5-6-11(9)15(19)8-12-13(17)3-2-4-14(12)18/h2-7,15,19H,8H2,1H3. The summed E-state index contributed by atoms with van der Waals surface area (Å²) in [6, 6.07) is 11.2. The summed E-state index contributed by atoms with van der Waals surface area (Å²) in [7, 11) is 0. The maximum Gasteiger partial charge on any atom is 0.0834 e. The monoisotopic (exact) mass is 358 g/mol. The molecule has 0 saturated carbocycles. The summed E-state index contributed by atoms with van der Waals surface area (Å²) in [5.41, 5.74) is 2.70. The van der Waals surface area contributed by atoms with Crippen molar-refractivity contribution >= 4 is 39.1 Å². The van der Waals surface area contributed by atoms with Gasteiger partial charge in [0, 0.05) is 20.9 Å². The van der Waals surface area contributed by atoms with E-state index in [-0.39, 0.29) is 0 Å². The van der Waals surface area contributed by atoms with E-state index in [0.29, 0.717) is 16.5 Å². The average molecular weight is 360 g/mol. The van der Waals surface area contributed by atoms with Crippen molar-refractivity contribution in [3.63, 3.8) is 0 Å². The maximum absolute atomic E-state index is 10.4. The van der Waals surface area contributed by atoms with Crippen LogP contribution in [0, 0.1) is 6.92 Å². The molecule has 0 bridgehead atoms. The lowest BCUT2D eigenvalue weighted by molar-refractivity contribution is 0.178. The fraction of sp³-hybridized carbons (Fsp3) is 0.200. The molecule has 100 valence electrons. The van der Waals surface area contributed by atoms with Crippen LogP contribution >= 0.6 is 39.1 Å². The van der Waals surface area contributed by atoms with Crippen molar-refractivity contribution in [3.8, 4) is 0 Å². The van der Waals surface area contributed by atoms with Gasteiger partial charge in [0.15, 0.2) is 0 Å².